The molecule has 0 fully saturated rings. The van der Waals surface area contributed by atoms with Gasteiger partial charge in [0.2, 0.25) is 5.91 Å². The lowest BCUT2D eigenvalue weighted by atomic mass is 9.88. The van der Waals surface area contributed by atoms with E-state index in [1.165, 1.54) is 11.3 Å². The van der Waals surface area contributed by atoms with Gasteiger partial charge in [-0.1, -0.05) is 35.9 Å². The van der Waals surface area contributed by atoms with Crippen molar-refractivity contribution in [3.05, 3.63) is 80.8 Å². The molecule has 26 heavy (non-hydrogen) atoms. The van der Waals surface area contributed by atoms with Crippen LogP contribution in [0, 0.1) is 6.92 Å². The topological polar surface area (TPSA) is 62.2 Å². The monoisotopic (exact) mass is 386 g/mol. The summed E-state index contributed by atoms with van der Waals surface area (Å²) in [6, 6.07) is 14.4. The van der Waals surface area contributed by atoms with E-state index in [0.29, 0.717) is 11.6 Å². The SMILES string of the molecule is Cc1csc(CNC(=O)C[C@H](c2cccc(O)c2)c2cccc(Cl)c2)n1. The van der Waals surface area contributed by atoms with Gasteiger partial charge < -0.3 is 10.4 Å². The number of rotatable bonds is 6. The molecule has 0 spiro atoms. The number of phenols is 1. The van der Waals surface area contributed by atoms with E-state index in [1.54, 1.807) is 24.3 Å². The summed E-state index contributed by atoms with van der Waals surface area (Å²) in [6.45, 7) is 2.35. The number of halogens is 1. The highest BCUT2D eigenvalue weighted by Gasteiger charge is 2.19. The first-order valence-corrected chi connectivity index (χ1v) is 9.49. The van der Waals surface area contributed by atoms with Gasteiger partial charge in [-0.3, -0.25) is 4.79 Å². The molecule has 3 rings (SSSR count). The van der Waals surface area contributed by atoms with Gasteiger partial charge in [0.05, 0.1) is 6.54 Å². The molecule has 134 valence electrons. The Morgan fingerprint density at radius 3 is 2.62 bits per heavy atom. The van der Waals surface area contributed by atoms with Crippen molar-refractivity contribution in [2.24, 2.45) is 0 Å². The summed E-state index contributed by atoms with van der Waals surface area (Å²) in [5, 5.41) is 16.2. The maximum atomic E-state index is 12.5. The Bertz CT molecular complexity index is 865. The van der Waals surface area contributed by atoms with Crippen LogP contribution < -0.4 is 5.32 Å². The first-order chi connectivity index (χ1) is 12.5. The lowest BCUT2D eigenvalue weighted by Crippen LogP contribution is -2.25. The van der Waals surface area contributed by atoms with Gasteiger partial charge in [-0.25, -0.2) is 4.98 Å². The molecule has 0 bridgehead atoms. The Hall–Kier alpha value is -2.37. The fourth-order valence-corrected chi connectivity index (χ4v) is 3.72. The number of aryl methyl sites for hydroxylation is 1. The van der Waals surface area contributed by atoms with Gasteiger partial charge in [-0.2, -0.15) is 0 Å². The third kappa shape index (κ3) is 4.84. The number of aromatic nitrogens is 1. The third-order valence-electron chi connectivity index (χ3n) is 4.02. The zero-order valence-electron chi connectivity index (χ0n) is 14.3. The van der Waals surface area contributed by atoms with Crippen LogP contribution in [0.5, 0.6) is 5.75 Å². The fraction of sp³-hybridized carbons (Fsp3) is 0.200. The number of amides is 1. The molecular weight excluding hydrogens is 368 g/mol. The van der Waals surface area contributed by atoms with Crippen molar-refractivity contribution >= 4 is 28.8 Å². The van der Waals surface area contributed by atoms with E-state index in [1.807, 2.05) is 36.6 Å². The predicted molar refractivity (Wildman–Crippen MR) is 105 cm³/mol. The lowest BCUT2D eigenvalue weighted by molar-refractivity contribution is -0.121. The normalized spacial score (nSPS) is 11.9. The van der Waals surface area contributed by atoms with E-state index >= 15 is 0 Å². The zero-order chi connectivity index (χ0) is 18.5. The summed E-state index contributed by atoms with van der Waals surface area (Å²) in [6.07, 6.45) is 0.258. The minimum atomic E-state index is -0.196. The van der Waals surface area contributed by atoms with Crippen molar-refractivity contribution in [2.45, 2.75) is 25.8 Å². The maximum Gasteiger partial charge on any atom is 0.221 e. The molecule has 0 radical (unpaired) electrons. The molecule has 2 N–H and O–H groups in total. The van der Waals surface area contributed by atoms with Crippen molar-refractivity contribution in [1.29, 1.82) is 0 Å². The highest BCUT2D eigenvalue weighted by Crippen LogP contribution is 2.31. The number of aromatic hydroxyl groups is 1. The van der Waals surface area contributed by atoms with Crippen LogP contribution in [0.2, 0.25) is 5.02 Å². The average molecular weight is 387 g/mol. The van der Waals surface area contributed by atoms with Gasteiger partial charge >= 0.3 is 0 Å². The van der Waals surface area contributed by atoms with Crippen LogP contribution in [0.15, 0.2) is 53.9 Å². The molecule has 0 aliphatic heterocycles. The molecule has 1 heterocycles. The summed E-state index contributed by atoms with van der Waals surface area (Å²) in [5.74, 6) is -0.0989. The first kappa shape index (κ1) is 18.4. The van der Waals surface area contributed by atoms with Crippen LogP contribution in [0.25, 0.3) is 0 Å². The van der Waals surface area contributed by atoms with Crippen LogP contribution in [-0.2, 0) is 11.3 Å². The summed E-state index contributed by atoms with van der Waals surface area (Å²) in [5.41, 5.74) is 2.76. The van der Waals surface area contributed by atoms with Crippen LogP contribution >= 0.6 is 22.9 Å². The van der Waals surface area contributed by atoms with Crippen molar-refractivity contribution < 1.29 is 9.90 Å². The molecule has 3 aromatic rings. The lowest BCUT2D eigenvalue weighted by Gasteiger charge is -2.18. The van der Waals surface area contributed by atoms with Gasteiger partial charge in [-0.15, -0.1) is 11.3 Å². The Balaban J connectivity index is 1.78. The van der Waals surface area contributed by atoms with Crippen molar-refractivity contribution in [3.8, 4) is 5.75 Å². The number of nitrogens with zero attached hydrogens (tertiary/aromatic N) is 1. The van der Waals surface area contributed by atoms with Gasteiger partial charge in [0, 0.05) is 28.4 Å². The van der Waals surface area contributed by atoms with Crippen LogP contribution in [-0.4, -0.2) is 16.0 Å². The summed E-state index contributed by atoms with van der Waals surface area (Å²) >= 11 is 7.66. The number of phenolic OH excluding ortho intramolecular Hbond substituents is 1. The van der Waals surface area contributed by atoms with E-state index in [-0.39, 0.29) is 24.0 Å². The summed E-state index contributed by atoms with van der Waals surface area (Å²) < 4.78 is 0. The minimum Gasteiger partial charge on any atom is -0.508 e. The molecule has 0 aliphatic rings. The second-order valence-electron chi connectivity index (χ2n) is 6.07. The number of nitrogens with one attached hydrogen (secondary N) is 1. The largest absolute Gasteiger partial charge is 0.508 e. The minimum absolute atomic E-state index is 0.0776. The predicted octanol–water partition coefficient (Wildman–Crippen LogP) is 4.65. The maximum absolute atomic E-state index is 12.5. The zero-order valence-corrected chi connectivity index (χ0v) is 15.8. The van der Waals surface area contributed by atoms with Crippen molar-refractivity contribution in [1.82, 2.24) is 10.3 Å². The highest BCUT2D eigenvalue weighted by molar-refractivity contribution is 7.09. The Morgan fingerprint density at radius 1 is 1.23 bits per heavy atom. The fourth-order valence-electron chi connectivity index (χ4n) is 2.81. The smallest absolute Gasteiger partial charge is 0.221 e. The highest BCUT2D eigenvalue weighted by atomic mass is 35.5. The molecule has 0 saturated carbocycles. The second-order valence-corrected chi connectivity index (χ2v) is 7.45. The number of thiazole rings is 1. The van der Waals surface area contributed by atoms with Crippen LogP contribution in [0.3, 0.4) is 0 Å². The van der Waals surface area contributed by atoms with Crippen molar-refractivity contribution in [3.63, 3.8) is 0 Å². The molecule has 0 saturated heterocycles. The van der Waals surface area contributed by atoms with Gasteiger partial charge in [-0.05, 0) is 42.3 Å². The standard InChI is InChI=1S/C20H19ClN2O2S/c1-13-12-26-20(23-13)11-22-19(25)10-18(14-4-2-6-16(21)8-14)15-5-3-7-17(24)9-15/h2-9,12,18,24H,10-11H2,1H3,(H,22,25)/t18-/m0/s1. The molecule has 4 nitrogen and oxygen atoms in total. The van der Waals surface area contributed by atoms with E-state index in [2.05, 4.69) is 10.3 Å². The molecule has 1 atom stereocenters. The number of hydrogen-bond acceptors (Lipinski definition) is 4. The van der Waals surface area contributed by atoms with Crippen LogP contribution in [0.4, 0.5) is 0 Å². The van der Waals surface area contributed by atoms with Gasteiger partial charge in [0.1, 0.15) is 10.8 Å². The Morgan fingerprint density at radius 2 is 1.96 bits per heavy atom. The van der Waals surface area contributed by atoms with E-state index in [0.717, 1.165) is 21.8 Å². The molecule has 6 heteroatoms. The molecule has 2 aromatic carbocycles. The first-order valence-electron chi connectivity index (χ1n) is 8.23. The van der Waals surface area contributed by atoms with Gasteiger partial charge in [0.25, 0.3) is 0 Å². The average Bonchev–Trinajstić information content (AvgIpc) is 3.03. The molecular formula is C20H19ClN2O2S. The number of carbonyl (C=O) groups is 1. The summed E-state index contributed by atoms with van der Waals surface area (Å²) in [7, 11) is 0. The second kappa shape index (κ2) is 8.34. The van der Waals surface area contributed by atoms with Crippen molar-refractivity contribution in [2.75, 3.05) is 0 Å². The van der Waals surface area contributed by atoms with Crippen LogP contribution in [0.1, 0.15) is 34.2 Å². The molecule has 0 aliphatic carbocycles. The number of carbonyl (C=O) groups excluding carboxylic acids is 1. The van der Waals surface area contributed by atoms with E-state index in [4.69, 9.17) is 11.6 Å². The molecule has 0 unspecified atom stereocenters. The third-order valence-corrected chi connectivity index (χ3v) is 5.22. The number of benzene rings is 2. The number of hydrogen-bond donors (Lipinski definition) is 2. The Labute approximate surface area is 161 Å². The summed E-state index contributed by atoms with van der Waals surface area (Å²) in [4.78, 5) is 16.9. The van der Waals surface area contributed by atoms with Gasteiger partial charge in [0.15, 0.2) is 0 Å². The Kier molecular flexibility index (Phi) is 5.91. The van der Waals surface area contributed by atoms with E-state index < -0.39 is 0 Å². The quantitative estimate of drug-likeness (QED) is 0.648. The molecule has 1 aromatic heterocycles. The molecule has 1 amide bonds. The van der Waals surface area contributed by atoms with E-state index in [9.17, 15) is 9.90 Å².